The SMILES string of the molecule is CCOC(=O)CCN(C)C(=O)c1cccc(CNc2ccccc2CC)c1. The summed E-state index contributed by atoms with van der Waals surface area (Å²) in [4.78, 5) is 25.6. The van der Waals surface area contributed by atoms with Gasteiger partial charge in [-0.1, -0.05) is 37.3 Å². The summed E-state index contributed by atoms with van der Waals surface area (Å²) in [5.41, 5.74) is 4.03. The highest BCUT2D eigenvalue weighted by atomic mass is 16.5. The number of nitrogens with one attached hydrogen (secondary N) is 1. The Labute approximate surface area is 161 Å². The number of ether oxygens (including phenoxy) is 1. The van der Waals surface area contributed by atoms with Gasteiger partial charge in [-0.15, -0.1) is 0 Å². The Hall–Kier alpha value is -2.82. The smallest absolute Gasteiger partial charge is 0.307 e. The normalized spacial score (nSPS) is 10.3. The number of hydrogen-bond acceptors (Lipinski definition) is 4. The van der Waals surface area contributed by atoms with Crippen LogP contribution in [0.25, 0.3) is 0 Å². The van der Waals surface area contributed by atoms with Crippen molar-refractivity contribution in [2.45, 2.75) is 33.2 Å². The molecule has 0 radical (unpaired) electrons. The molecule has 0 spiro atoms. The van der Waals surface area contributed by atoms with Crippen LogP contribution in [0.5, 0.6) is 0 Å². The molecule has 2 rings (SSSR count). The molecular weight excluding hydrogens is 340 g/mol. The average Bonchev–Trinajstić information content (AvgIpc) is 2.70. The lowest BCUT2D eigenvalue weighted by Crippen LogP contribution is -2.29. The summed E-state index contributed by atoms with van der Waals surface area (Å²) in [6, 6.07) is 15.8. The fraction of sp³-hybridized carbons (Fsp3) is 0.364. The zero-order valence-corrected chi connectivity index (χ0v) is 16.3. The summed E-state index contributed by atoms with van der Waals surface area (Å²) < 4.78 is 4.90. The largest absolute Gasteiger partial charge is 0.466 e. The summed E-state index contributed by atoms with van der Waals surface area (Å²) >= 11 is 0. The van der Waals surface area contributed by atoms with Crippen molar-refractivity contribution in [3.63, 3.8) is 0 Å². The highest BCUT2D eigenvalue weighted by Crippen LogP contribution is 2.17. The minimum atomic E-state index is -0.287. The molecule has 0 saturated carbocycles. The van der Waals surface area contributed by atoms with Gasteiger partial charge in [-0.25, -0.2) is 0 Å². The zero-order chi connectivity index (χ0) is 19.6. The van der Waals surface area contributed by atoms with Gasteiger partial charge in [0.15, 0.2) is 0 Å². The van der Waals surface area contributed by atoms with Gasteiger partial charge in [0.2, 0.25) is 0 Å². The third-order valence-corrected chi connectivity index (χ3v) is 4.36. The van der Waals surface area contributed by atoms with Crippen LogP contribution in [-0.4, -0.2) is 37.0 Å². The Balaban J connectivity index is 1.97. The molecule has 0 aromatic heterocycles. The lowest BCUT2D eigenvalue weighted by molar-refractivity contribution is -0.143. The van der Waals surface area contributed by atoms with Gasteiger partial charge in [0.05, 0.1) is 13.0 Å². The van der Waals surface area contributed by atoms with E-state index in [0.717, 1.165) is 17.7 Å². The van der Waals surface area contributed by atoms with Crippen molar-refractivity contribution in [2.24, 2.45) is 0 Å². The molecule has 27 heavy (non-hydrogen) atoms. The number of aryl methyl sites for hydroxylation is 1. The number of benzene rings is 2. The van der Waals surface area contributed by atoms with E-state index in [1.54, 1.807) is 24.9 Å². The fourth-order valence-corrected chi connectivity index (χ4v) is 2.83. The van der Waals surface area contributed by atoms with E-state index >= 15 is 0 Å². The minimum Gasteiger partial charge on any atom is -0.466 e. The van der Waals surface area contributed by atoms with Crippen molar-refractivity contribution in [3.8, 4) is 0 Å². The Kier molecular flexibility index (Phi) is 7.86. The molecular formula is C22H28N2O3. The second kappa shape index (κ2) is 10.4. The lowest BCUT2D eigenvalue weighted by Gasteiger charge is -2.17. The van der Waals surface area contributed by atoms with Crippen LogP contribution in [0.1, 0.15) is 41.8 Å². The van der Waals surface area contributed by atoms with Crippen molar-refractivity contribution in [1.82, 2.24) is 4.90 Å². The maximum Gasteiger partial charge on any atom is 0.307 e. The average molecular weight is 368 g/mol. The molecule has 0 aliphatic rings. The van der Waals surface area contributed by atoms with Gasteiger partial charge >= 0.3 is 5.97 Å². The summed E-state index contributed by atoms with van der Waals surface area (Å²) in [6.45, 7) is 5.23. The van der Waals surface area contributed by atoms with Crippen LogP contribution < -0.4 is 5.32 Å². The van der Waals surface area contributed by atoms with E-state index in [0.29, 0.717) is 25.3 Å². The molecule has 0 saturated heterocycles. The lowest BCUT2D eigenvalue weighted by atomic mass is 10.1. The second-order valence-electron chi connectivity index (χ2n) is 6.35. The third-order valence-electron chi connectivity index (χ3n) is 4.36. The number of esters is 1. The van der Waals surface area contributed by atoms with Crippen molar-refractivity contribution < 1.29 is 14.3 Å². The molecule has 0 fully saturated rings. The molecule has 0 bridgehead atoms. The maximum atomic E-state index is 12.6. The molecule has 5 nitrogen and oxygen atoms in total. The van der Waals surface area contributed by atoms with Crippen molar-refractivity contribution in [3.05, 3.63) is 65.2 Å². The standard InChI is InChI=1S/C22H28N2O3/c1-4-18-10-6-7-12-20(18)23-16-17-9-8-11-19(15-17)22(26)24(3)14-13-21(25)27-5-2/h6-12,15,23H,4-5,13-14,16H2,1-3H3. The number of rotatable bonds is 9. The first-order valence-corrected chi connectivity index (χ1v) is 9.37. The molecule has 5 heteroatoms. The number of hydrogen-bond donors (Lipinski definition) is 1. The van der Waals surface area contributed by atoms with Crippen molar-refractivity contribution in [1.29, 1.82) is 0 Å². The van der Waals surface area contributed by atoms with E-state index in [4.69, 9.17) is 4.74 Å². The van der Waals surface area contributed by atoms with E-state index < -0.39 is 0 Å². The number of carbonyl (C=O) groups excluding carboxylic acids is 2. The third kappa shape index (κ3) is 6.13. The Bertz CT molecular complexity index is 774. The molecule has 0 aliphatic carbocycles. The highest BCUT2D eigenvalue weighted by molar-refractivity contribution is 5.94. The van der Waals surface area contributed by atoms with Crippen molar-refractivity contribution >= 4 is 17.6 Å². The van der Waals surface area contributed by atoms with Crippen LogP contribution in [-0.2, 0) is 22.5 Å². The van der Waals surface area contributed by atoms with Crippen molar-refractivity contribution in [2.75, 3.05) is 25.5 Å². The van der Waals surface area contributed by atoms with Gasteiger partial charge in [-0.3, -0.25) is 9.59 Å². The fourth-order valence-electron chi connectivity index (χ4n) is 2.83. The first-order chi connectivity index (χ1) is 13.0. The first-order valence-electron chi connectivity index (χ1n) is 9.37. The molecule has 0 atom stereocenters. The van der Waals surface area contributed by atoms with Gasteiger partial charge in [-0.05, 0) is 42.7 Å². The van der Waals surface area contributed by atoms with E-state index in [1.807, 2.05) is 30.3 Å². The summed E-state index contributed by atoms with van der Waals surface area (Å²) in [7, 11) is 1.70. The maximum absolute atomic E-state index is 12.6. The Morgan fingerprint density at radius 3 is 2.59 bits per heavy atom. The number of amides is 1. The number of carbonyl (C=O) groups is 2. The van der Waals surface area contributed by atoms with E-state index in [-0.39, 0.29) is 18.3 Å². The monoisotopic (exact) mass is 368 g/mol. The Morgan fingerprint density at radius 2 is 1.85 bits per heavy atom. The topological polar surface area (TPSA) is 58.6 Å². The van der Waals surface area contributed by atoms with Gasteiger partial charge in [0.1, 0.15) is 0 Å². The van der Waals surface area contributed by atoms with Crippen LogP contribution in [0.3, 0.4) is 0 Å². The zero-order valence-electron chi connectivity index (χ0n) is 16.3. The molecule has 0 aliphatic heterocycles. The van der Waals surface area contributed by atoms with Gasteiger partial charge in [-0.2, -0.15) is 0 Å². The van der Waals surface area contributed by atoms with Gasteiger partial charge < -0.3 is 15.0 Å². The van der Waals surface area contributed by atoms with Gasteiger partial charge in [0.25, 0.3) is 5.91 Å². The van der Waals surface area contributed by atoms with E-state index in [2.05, 4.69) is 24.4 Å². The molecule has 2 aromatic carbocycles. The van der Waals surface area contributed by atoms with Crippen LogP contribution in [0.2, 0.25) is 0 Å². The van der Waals surface area contributed by atoms with E-state index in [1.165, 1.54) is 5.56 Å². The quantitative estimate of drug-likeness (QED) is 0.682. The number of anilines is 1. The molecule has 0 unspecified atom stereocenters. The predicted octanol–water partition coefficient (Wildman–Crippen LogP) is 3.89. The Morgan fingerprint density at radius 1 is 1.07 bits per heavy atom. The van der Waals surface area contributed by atoms with E-state index in [9.17, 15) is 9.59 Å². The molecule has 0 heterocycles. The second-order valence-corrected chi connectivity index (χ2v) is 6.35. The van der Waals surface area contributed by atoms with Gasteiger partial charge in [0, 0.05) is 31.4 Å². The predicted molar refractivity (Wildman–Crippen MR) is 108 cm³/mol. The van der Waals surface area contributed by atoms with Crippen LogP contribution in [0, 0.1) is 0 Å². The van der Waals surface area contributed by atoms with Crippen LogP contribution in [0.4, 0.5) is 5.69 Å². The van der Waals surface area contributed by atoms with Crippen LogP contribution in [0.15, 0.2) is 48.5 Å². The minimum absolute atomic E-state index is 0.102. The summed E-state index contributed by atoms with van der Waals surface area (Å²) in [5, 5.41) is 3.44. The molecule has 144 valence electrons. The molecule has 1 amide bonds. The molecule has 1 N–H and O–H groups in total. The molecule has 2 aromatic rings. The number of nitrogens with zero attached hydrogens (tertiary/aromatic N) is 1. The summed E-state index contributed by atoms with van der Waals surface area (Å²) in [5.74, 6) is -0.389. The first kappa shape index (κ1) is 20.5. The number of para-hydroxylation sites is 1. The summed E-state index contributed by atoms with van der Waals surface area (Å²) in [6.07, 6.45) is 1.16. The van der Waals surface area contributed by atoms with Crippen LogP contribution >= 0.6 is 0 Å². The highest BCUT2D eigenvalue weighted by Gasteiger charge is 2.14.